The van der Waals surface area contributed by atoms with Gasteiger partial charge in [0.1, 0.15) is 6.04 Å². The first kappa shape index (κ1) is 13.7. The van der Waals surface area contributed by atoms with Gasteiger partial charge < -0.3 is 15.7 Å². The van der Waals surface area contributed by atoms with Crippen molar-refractivity contribution in [1.82, 2.24) is 10.6 Å². The Balaban J connectivity index is 4.07. The number of hydrogen-bond acceptors (Lipinski definition) is 2. The molecule has 3 N–H and O–H groups in total. The van der Waals surface area contributed by atoms with Crippen LogP contribution in [0.15, 0.2) is 0 Å². The van der Waals surface area contributed by atoms with Crippen molar-refractivity contribution >= 4 is 12.0 Å². The molecule has 0 saturated carbocycles. The predicted octanol–water partition coefficient (Wildman–Crippen LogP) is 1.05. The van der Waals surface area contributed by atoms with Crippen molar-refractivity contribution in [2.45, 2.75) is 33.7 Å². The number of urea groups is 1. The maximum absolute atomic E-state index is 11.3. The number of hydrogen-bond donors (Lipinski definition) is 3. The number of rotatable bonds is 5. The van der Waals surface area contributed by atoms with Gasteiger partial charge in [0.05, 0.1) is 0 Å². The molecule has 0 fully saturated rings. The van der Waals surface area contributed by atoms with E-state index in [4.69, 9.17) is 5.11 Å². The van der Waals surface area contributed by atoms with E-state index >= 15 is 0 Å². The van der Waals surface area contributed by atoms with Crippen LogP contribution < -0.4 is 10.6 Å². The molecule has 5 heteroatoms. The van der Waals surface area contributed by atoms with Crippen molar-refractivity contribution in [1.29, 1.82) is 0 Å². The van der Waals surface area contributed by atoms with Gasteiger partial charge in [0.25, 0.3) is 0 Å². The Bertz CT molecular complexity index is 227. The Kier molecular flexibility index (Phi) is 5.74. The number of aliphatic carboxylic acids is 1. The SMILES string of the molecule is CC(C)CNC(=O)N[C@H](C(=O)O)C(C)C. The summed E-state index contributed by atoms with van der Waals surface area (Å²) in [4.78, 5) is 22.1. The van der Waals surface area contributed by atoms with Crippen LogP contribution in [-0.2, 0) is 4.79 Å². The number of carboxylic acid groups (broad SMARTS) is 1. The van der Waals surface area contributed by atoms with Gasteiger partial charge in [-0.3, -0.25) is 0 Å². The minimum Gasteiger partial charge on any atom is -0.480 e. The molecule has 15 heavy (non-hydrogen) atoms. The van der Waals surface area contributed by atoms with E-state index in [-0.39, 0.29) is 5.92 Å². The second kappa shape index (κ2) is 6.27. The summed E-state index contributed by atoms with van der Waals surface area (Å²) in [5, 5.41) is 13.9. The minimum atomic E-state index is -1.01. The zero-order chi connectivity index (χ0) is 12.0. The second-order valence-electron chi connectivity index (χ2n) is 4.31. The van der Waals surface area contributed by atoms with Crippen LogP contribution in [0, 0.1) is 11.8 Å². The lowest BCUT2D eigenvalue weighted by atomic mass is 10.1. The highest BCUT2D eigenvalue weighted by Crippen LogP contribution is 2.01. The molecule has 0 aliphatic carbocycles. The van der Waals surface area contributed by atoms with E-state index in [1.54, 1.807) is 13.8 Å². The highest BCUT2D eigenvalue weighted by Gasteiger charge is 2.23. The highest BCUT2D eigenvalue weighted by molar-refractivity contribution is 5.82. The summed E-state index contributed by atoms with van der Waals surface area (Å²) in [6, 6.07) is -1.26. The normalized spacial score (nSPS) is 12.7. The molecule has 88 valence electrons. The van der Waals surface area contributed by atoms with E-state index < -0.39 is 18.0 Å². The fraction of sp³-hybridized carbons (Fsp3) is 0.800. The van der Waals surface area contributed by atoms with Crippen molar-refractivity contribution in [2.24, 2.45) is 11.8 Å². The van der Waals surface area contributed by atoms with Crippen LogP contribution in [0.4, 0.5) is 4.79 Å². The topological polar surface area (TPSA) is 78.4 Å². The number of nitrogens with one attached hydrogen (secondary N) is 2. The van der Waals surface area contributed by atoms with Crippen LogP contribution in [-0.4, -0.2) is 29.7 Å². The van der Waals surface area contributed by atoms with Crippen molar-refractivity contribution < 1.29 is 14.7 Å². The maximum Gasteiger partial charge on any atom is 0.326 e. The molecule has 0 saturated heterocycles. The monoisotopic (exact) mass is 216 g/mol. The summed E-state index contributed by atoms with van der Waals surface area (Å²) in [6.45, 7) is 7.98. The zero-order valence-corrected chi connectivity index (χ0v) is 9.70. The molecule has 1 atom stereocenters. The molecule has 0 aromatic carbocycles. The molecular formula is C10H20N2O3. The molecule has 0 heterocycles. The third-order valence-corrected chi connectivity index (χ3v) is 1.89. The van der Waals surface area contributed by atoms with Crippen LogP contribution in [0.1, 0.15) is 27.7 Å². The molecule has 0 aromatic rings. The lowest BCUT2D eigenvalue weighted by molar-refractivity contribution is -0.140. The average Bonchev–Trinajstić information content (AvgIpc) is 2.09. The molecule has 0 unspecified atom stereocenters. The van der Waals surface area contributed by atoms with Gasteiger partial charge in [0, 0.05) is 6.54 Å². The molecular weight excluding hydrogens is 196 g/mol. The Morgan fingerprint density at radius 3 is 2.07 bits per heavy atom. The fourth-order valence-corrected chi connectivity index (χ4v) is 1.00. The summed E-state index contributed by atoms with van der Waals surface area (Å²) in [5.74, 6) is -0.796. The van der Waals surface area contributed by atoms with E-state index in [0.717, 1.165) is 0 Å². The number of carbonyl (C=O) groups is 2. The van der Waals surface area contributed by atoms with Crippen molar-refractivity contribution in [3.8, 4) is 0 Å². The Hall–Kier alpha value is -1.26. The first-order valence-corrected chi connectivity index (χ1v) is 5.11. The van der Waals surface area contributed by atoms with Crippen LogP contribution in [0.5, 0.6) is 0 Å². The zero-order valence-electron chi connectivity index (χ0n) is 9.70. The summed E-state index contributed by atoms with van der Waals surface area (Å²) in [6.07, 6.45) is 0. The smallest absolute Gasteiger partial charge is 0.326 e. The fourth-order valence-electron chi connectivity index (χ4n) is 1.00. The van der Waals surface area contributed by atoms with Gasteiger partial charge in [-0.2, -0.15) is 0 Å². The van der Waals surface area contributed by atoms with E-state index in [1.165, 1.54) is 0 Å². The van der Waals surface area contributed by atoms with Gasteiger partial charge in [0.15, 0.2) is 0 Å². The summed E-state index contributed by atoms with van der Waals surface area (Å²) >= 11 is 0. The largest absolute Gasteiger partial charge is 0.480 e. The van der Waals surface area contributed by atoms with E-state index in [2.05, 4.69) is 10.6 Å². The maximum atomic E-state index is 11.3. The van der Waals surface area contributed by atoms with E-state index in [1.807, 2.05) is 13.8 Å². The first-order valence-electron chi connectivity index (χ1n) is 5.11. The Morgan fingerprint density at radius 2 is 1.73 bits per heavy atom. The van der Waals surface area contributed by atoms with Crippen LogP contribution in [0.25, 0.3) is 0 Å². The van der Waals surface area contributed by atoms with Crippen LogP contribution in [0.3, 0.4) is 0 Å². The molecule has 0 aliphatic rings. The Labute approximate surface area is 90.2 Å². The lowest BCUT2D eigenvalue weighted by Gasteiger charge is -2.18. The quantitative estimate of drug-likeness (QED) is 0.642. The molecule has 0 spiro atoms. The average molecular weight is 216 g/mol. The van der Waals surface area contributed by atoms with E-state index in [0.29, 0.717) is 12.5 Å². The first-order chi connectivity index (χ1) is 6.84. The van der Waals surface area contributed by atoms with Gasteiger partial charge in [0.2, 0.25) is 0 Å². The summed E-state index contributed by atoms with van der Waals surface area (Å²) in [5.41, 5.74) is 0. The third kappa shape index (κ3) is 5.93. The molecule has 5 nitrogen and oxygen atoms in total. The van der Waals surface area contributed by atoms with E-state index in [9.17, 15) is 9.59 Å². The predicted molar refractivity (Wildman–Crippen MR) is 57.6 cm³/mol. The lowest BCUT2D eigenvalue weighted by Crippen LogP contribution is -2.49. The minimum absolute atomic E-state index is 0.132. The molecule has 0 aliphatic heterocycles. The summed E-state index contributed by atoms with van der Waals surface area (Å²) in [7, 11) is 0. The number of carboxylic acids is 1. The summed E-state index contributed by atoms with van der Waals surface area (Å²) < 4.78 is 0. The second-order valence-corrected chi connectivity index (χ2v) is 4.31. The van der Waals surface area contributed by atoms with Crippen molar-refractivity contribution in [2.75, 3.05) is 6.54 Å². The molecule has 0 bridgehead atoms. The van der Waals surface area contributed by atoms with Gasteiger partial charge >= 0.3 is 12.0 Å². The van der Waals surface area contributed by atoms with Gasteiger partial charge in [-0.1, -0.05) is 27.7 Å². The molecule has 0 rings (SSSR count). The van der Waals surface area contributed by atoms with Gasteiger partial charge in [-0.05, 0) is 11.8 Å². The van der Waals surface area contributed by atoms with Crippen LogP contribution in [0.2, 0.25) is 0 Å². The molecule has 2 amide bonds. The molecule has 0 radical (unpaired) electrons. The van der Waals surface area contributed by atoms with Crippen molar-refractivity contribution in [3.63, 3.8) is 0 Å². The van der Waals surface area contributed by atoms with Gasteiger partial charge in [-0.15, -0.1) is 0 Å². The highest BCUT2D eigenvalue weighted by atomic mass is 16.4. The van der Waals surface area contributed by atoms with Crippen LogP contribution >= 0.6 is 0 Å². The Morgan fingerprint density at radius 1 is 1.20 bits per heavy atom. The van der Waals surface area contributed by atoms with Gasteiger partial charge in [-0.25, -0.2) is 9.59 Å². The standard InChI is InChI=1S/C10H20N2O3/c1-6(2)5-11-10(15)12-8(7(3)4)9(13)14/h6-8H,5H2,1-4H3,(H,13,14)(H2,11,12,15)/t8-/m0/s1. The number of carbonyl (C=O) groups excluding carboxylic acids is 1. The number of amides is 2. The molecule has 0 aromatic heterocycles. The third-order valence-electron chi connectivity index (χ3n) is 1.89. The van der Waals surface area contributed by atoms with Crippen molar-refractivity contribution in [3.05, 3.63) is 0 Å².